The van der Waals surface area contributed by atoms with Gasteiger partial charge >= 0.3 is 5.97 Å². The van der Waals surface area contributed by atoms with Crippen LogP contribution in [0.2, 0.25) is 0 Å². The Labute approximate surface area is 125 Å². The lowest BCUT2D eigenvalue weighted by Gasteiger charge is -2.26. The first-order valence-corrected chi connectivity index (χ1v) is 8.57. The fourth-order valence-electron chi connectivity index (χ4n) is 2.44. The number of aryl methyl sites for hydroxylation is 1. The van der Waals surface area contributed by atoms with Crippen LogP contribution in [-0.2, 0) is 23.0 Å². The fraction of sp³-hybridized carbons (Fsp3) is 0.333. The van der Waals surface area contributed by atoms with E-state index < -0.39 is 21.7 Å². The molecule has 3 rings (SSSR count). The largest absolute Gasteiger partial charge is 0.476 e. The van der Waals surface area contributed by atoms with Crippen LogP contribution >= 0.6 is 11.3 Å². The van der Waals surface area contributed by atoms with Crippen LogP contribution in [0.4, 0.5) is 0 Å². The molecule has 0 saturated carbocycles. The summed E-state index contributed by atoms with van der Waals surface area (Å²) in [6, 6.07) is 1.90. The molecule has 0 saturated heterocycles. The zero-order valence-electron chi connectivity index (χ0n) is 11.2. The fourth-order valence-corrected chi connectivity index (χ4v) is 5.03. The molecule has 2 aromatic rings. The van der Waals surface area contributed by atoms with Crippen molar-refractivity contribution in [3.05, 3.63) is 33.3 Å². The number of carboxylic acid groups (broad SMARTS) is 1. The molecular weight excluding hydrogens is 314 g/mol. The number of carbonyl (C=O) groups is 1. The molecule has 0 spiro atoms. The van der Waals surface area contributed by atoms with Gasteiger partial charge in [-0.2, -0.15) is 9.40 Å². The number of hydrogen-bond acceptors (Lipinski definition) is 5. The highest BCUT2D eigenvalue weighted by atomic mass is 32.2. The number of aromatic amines is 1. The lowest BCUT2D eigenvalue weighted by atomic mass is 10.1. The number of thiophene rings is 1. The normalized spacial score (nSPS) is 15.9. The van der Waals surface area contributed by atoms with Crippen molar-refractivity contribution >= 4 is 27.3 Å². The van der Waals surface area contributed by atoms with Crippen LogP contribution in [-0.4, -0.2) is 40.5 Å². The van der Waals surface area contributed by atoms with Crippen molar-refractivity contribution in [3.63, 3.8) is 0 Å². The van der Waals surface area contributed by atoms with Crippen molar-refractivity contribution in [2.24, 2.45) is 0 Å². The lowest BCUT2D eigenvalue weighted by Crippen LogP contribution is -2.36. The molecule has 0 bridgehead atoms. The SMILES string of the molecule is Cc1[nH]nc(C(=O)O)c1S(=O)(=O)N1CCc2sccc2C1. The Morgan fingerprint density at radius 3 is 3.00 bits per heavy atom. The predicted octanol–water partition coefficient (Wildman–Crippen LogP) is 1.22. The van der Waals surface area contributed by atoms with E-state index in [-0.39, 0.29) is 17.1 Å². The maximum Gasteiger partial charge on any atom is 0.357 e. The zero-order chi connectivity index (χ0) is 15.2. The number of rotatable bonds is 3. The van der Waals surface area contributed by atoms with E-state index in [1.54, 1.807) is 11.3 Å². The van der Waals surface area contributed by atoms with Gasteiger partial charge in [0.15, 0.2) is 5.69 Å². The third-order valence-corrected chi connectivity index (χ3v) is 6.49. The minimum absolute atomic E-state index is 0.239. The summed E-state index contributed by atoms with van der Waals surface area (Å²) in [5.41, 5.74) is 0.764. The van der Waals surface area contributed by atoms with E-state index in [0.717, 1.165) is 5.56 Å². The van der Waals surface area contributed by atoms with Crippen molar-refractivity contribution in [1.82, 2.24) is 14.5 Å². The highest BCUT2D eigenvalue weighted by molar-refractivity contribution is 7.89. The second-order valence-corrected chi connectivity index (χ2v) is 7.66. The molecule has 0 radical (unpaired) electrons. The average molecular weight is 327 g/mol. The molecule has 112 valence electrons. The number of sulfonamides is 1. The molecule has 0 aromatic carbocycles. The minimum Gasteiger partial charge on any atom is -0.476 e. The number of aromatic nitrogens is 2. The molecule has 2 N–H and O–H groups in total. The highest BCUT2D eigenvalue weighted by Crippen LogP contribution is 2.30. The van der Waals surface area contributed by atoms with Gasteiger partial charge in [-0.3, -0.25) is 5.10 Å². The molecule has 0 fully saturated rings. The summed E-state index contributed by atoms with van der Waals surface area (Å²) in [6.45, 7) is 2.12. The maximum atomic E-state index is 12.7. The lowest BCUT2D eigenvalue weighted by molar-refractivity contribution is 0.0686. The van der Waals surface area contributed by atoms with Crippen LogP contribution in [0.1, 0.15) is 26.6 Å². The third-order valence-electron chi connectivity index (χ3n) is 3.46. The summed E-state index contributed by atoms with van der Waals surface area (Å²) >= 11 is 1.61. The number of nitrogens with one attached hydrogen (secondary N) is 1. The number of nitrogens with zero attached hydrogens (tertiary/aromatic N) is 2. The van der Waals surface area contributed by atoms with Crippen LogP contribution < -0.4 is 0 Å². The Kier molecular flexibility index (Phi) is 3.34. The highest BCUT2D eigenvalue weighted by Gasteiger charge is 2.35. The zero-order valence-corrected chi connectivity index (χ0v) is 12.8. The molecule has 3 heterocycles. The maximum absolute atomic E-state index is 12.7. The monoisotopic (exact) mass is 327 g/mol. The second-order valence-electron chi connectivity index (χ2n) is 4.79. The summed E-state index contributed by atoms with van der Waals surface area (Å²) in [6.07, 6.45) is 0.644. The van der Waals surface area contributed by atoms with Gasteiger partial charge in [0.1, 0.15) is 4.90 Å². The first-order chi connectivity index (χ1) is 9.91. The quantitative estimate of drug-likeness (QED) is 0.882. The average Bonchev–Trinajstić information content (AvgIpc) is 3.03. The van der Waals surface area contributed by atoms with Crippen LogP contribution in [0, 0.1) is 6.92 Å². The van der Waals surface area contributed by atoms with E-state index in [1.807, 2.05) is 11.4 Å². The second kappa shape index (κ2) is 4.93. The predicted molar refractivity (Wildman–Crippen MR) is 75.9 cm³/mol. The molecule has 9 heteroatoms. The summed E-state index contributed by atoms with van der Waals surface area (Å²) in [7, 11) is -3.88. The van der Waals surface area contributed by atoms with Crippen molar-refractivity contribution in [2.75, 3.05) is 6.54 Å². The van der Waals surface area contributed by atoms with Gasteiger partial charge in [-0.1, -0.05) is 0 Å². The third kappa shape index (κ3) is 2.27. The van der Waals surface area contributed by atoms with Crippen molar-refractivity contribution in [2.45, 2.75) is 24.8 Å². The Hall–Kier alpha value is -1.71. The van der Waals surface area contributed by atoms with Crippen molar-refractivity contribution in [3.8, 4) is 0 Å². The van der Waals surface area contributed by atoms with Gasteiger partial charge in [0, 0.05) is 18.0 Å². The number of aromatic carboxylic acids is 1. The Balaban J connectivity index is 2.03. The Bertz CT molecular complexity index is 806. The minimum atomic E-state index is -3.88. The van der Waals surface area contributed by atoms with Gasteiger partial charge in [-0.15, -0.1) is 11.3 Å². The number of carboxylic acids is 1. The van der Waals surface area contributed by atoms with E-state index in [1.165, 1.54) is 16.1 Å². The van der Waals surface area contributed by atoms with Crippen molar-refractivity contribution in [1.29, 1.82) is 0 Å². The molecule has 0 unspecified atom stereocenters. The first kappa shape index (κ1) is 14.2. The number of hydrogen-bond donors (Lipinski definition) is 2. The molecule has 1 aliphatic rings. The Morgan fingerprint density at radius 1 is 1.52 bits per heavy atom. The topological polar surface area (TPSA) is 103 Å². The van der Waals surface area contributed by atoms with Gasteiger partial charge in [-0.25, -0.2) is 13.2 Å². The summed E-state index contributed by atoms with van der Waals surface area (Å²) in [4.78, 5) is 12.1. The molecule has 21 heavy (non-hydrogen) atoms. The standard InChI is InChI=1S/C12H13N3O4S2/c1-7-11(10(12(16)17)14-13-7)21(18,19)15-4-2-9-8(6-15)3-5-20-9/h3,5H,2,4,6H2,1H3,(H,13,14)(H,16,17). The van der Waals surface area contributed by atoms with Crippen LogP contribution in [0.5, 0.6) is 0 Å². The number of fused-ring (bicyclic) bond motifs is 1. The van der Waals surface area contributed by atoms with Gasteiger partial charge in [-0.05, 0) is 30.4 Å². The van der Waals surface area contributed by atoms with Crippen molar-refractivity contribution < 1.29 is 18.3 Å². The van der Waals surface area contributed by atoms with E-state index in [4.69, 9.17) is 5.11 Å². The van der Waals surface area contributed by atoms with E-state index >= 15 is 0 Å². The van der Waals surface area contributed by atoms with Gasteiger partial charge in [0.05, 0.1) is 5.69 Å². The first-order valence-electron chi connectivity index (χ1n) is 6.25. The van der Waals surface area contributed by atoms with E-state index in [9.17, 15) is 13.2 Å². The summed E-state index contributed by atoms with van der Waals surface area (Å²) in [5, 5.41) is 17.1. The van der Waals surface area contributed by atoms with E-state index in [2.05, 4.69) is 10.2 Å². The van der Waals surface area contributed by atoms with Crippen LogP contribution in [0.25, 0.3) is 0 Å². The molecular formula is C12H13N3O4S2. The van der Waals surface area contributed by atoms with Gasteiger partial charge in [0.25, 0.3) is 0 Å². The molecule has 2 aromatic heterocycles. The molecule has 0 atom stereocenters. The van der Waals surface area contributed by atoms with Crippen LogP contribution in [0.15, 0.2) is 16.3 Å². The van der Waals surface area contributed by atoms with E-state index in [0.29, 0.717) is 13.0 Å². The number of H-pyrrole nitrogens is 1. The van der Waals surface area contributed by atoms with Gasteiger partial charge < -0.3 is 5.11 Å². The summed E-state index contributed by atoms with van der Waals surface area (Å²) in [5.74, 6) is -1.36. The smallest absolute Gasteiger partial charge is 0.357 e. The summed E-state index contributed by atoms with van der Waals surface area (Å²) < 4.78 is 26.8. The molecule has 0 aliphatic carbocycles. The van der Waals surface area contributed by atoms with Crippen LogP contribution in [0.3, 0.4) is 0 Å². The Morgan fingerprint density at radius 2 is 2.29 bits per heavy atom. The molecule has 0 amide bonds. The molecule has 1 aliphatic heterocycles. The molecule has 7 nitrogen and oxygen atoms in total. The van der Waals surface area contributed by atoms with Gasteiger partial charge in [0.2, 0.25) is 10.0 Å².